The number of fused-ring (bicyclic) bond motifs is 2. The van der Waals surface area contributed by atoms with Crippen LogP contribution >= 0.6 is 0 Å². The number of nitrogens with zero attached hydrogens (tertiary/aromatic N) is 5. The number of aliphatic imine (C=N–C) groups is 1. The first-order chi connectivity index (χ1) is 9.24. The van der Waals surface area contributed by atoms with Crippen molar-refractivity contribution in [3.8, 4) is 0 Å². The second kappa shape index (κ2) is 4.60. The van der Waals surface area contributed by atoms with Crippen molar-refractivity contribution < 1.29 is 0 Å². The monoisotopic (exact) mass is 259 g/mol. The SMILES string of the molecule is CCCCCn1c2c(c(=O)n3c(C)nnc13)CC=N2. The average molecular weight is 259 g/mol. The summed E-state index contributed by atoms with van der Waals surface area (Å²) in [6, 6.07) is 0. The molecule has 6 heteroatoms. The van der Waals surface area contributed by atoms with E-state index < -0.39 is 0 Å². The molecule has 2 aromatic rings. The van der Waals surface area contributed by atoms with E-state index in [1.165, 1.54) is 0 Å². The standard InChI is InChI=1S/C13H17N5O/c1-3-4-5-8-17-11-10(6-7-14-11)12(19)18-9(2)15-16-13(17)18/h7H,3-6,8H2,1-2H3. The first-order valence-corrected chi connectivity index (χ1v) is 6.74. The highest BCUT2D eigenvalue weighted by molar-refractivity contribution is 5.74. The van der Waals surface area contributed by atoms with Crippen LogP contribution in [0.1, 0.15) is 37.6 Å². The molecule has 0 aliphatic carbocycles. The Kier molecular flexibility index (Phi) is 2.93. The molecular weight excluding hydrogens is 242 g/mol. The molecular formula is C13H17N5O. The molecule has 1 aliphatic rings. The predicted octanol–water partition coefficient (Wildman–Crippen LogP) is 1.65. The third-order valence-electron chi connectivity index (χ3n) is 3.53. The Balaban J connectivity index is 2.21. The molecule has 0 N–H and O–H groups in total. The maximum Gasteiger partial charge on any atom is 0.266 e. The van der Waals surface area contributed by atoms with Gasteiger partial charge in [-0.25, -0.2) is 9.39 Å². The topological polar surface area (TPSA) is 64.5 Å². The quantitative estimate of drug-likeness (QED) is 0.784. The van der Waals surface area contributed by atoms with E-state index in [1.54, 1.807) is 17.5 Å². The maximum absolute atomic E-state index is 12.4. The Morgan fingerprint density at radius 3 is 2.95 bits per heavy atom. The normalized spacial score (nSPS) is 13.4. The molecule has 0 radical (unpaired) electrons. The zero-order valence-electron chi connectivity index (χ0n) is 11.3. The molecule has 0 bridgehead atoms. The van der Waals surface area contributed by atoms with Crippen LogP contribution in [-0.4, -0.2) is 25.4 Å². The van der Waals surface area contributed by atoms with E-state index >= 15 is 0 Å². The highest BCUT2D eigenvalue weighted by Gasteiger charge is 2.21. The molecule has 3 rings (SSSR count). The van der Waals surface area contributed by atoms with Gasteiger partial charge in [0.15, 0.2) is 0 Å². The second-order valence-corrected chi connectivity index (χ2v) is 4.86. The minimum atomic E-state index is -0.0308. The summed E-state index contributed by atoms with van der Waals surface area (Å²) in [6.07, 6.45) is 5.78. The van der Waals surface area contributed by atoms with Crippen LogP contribution in [-0.2, 0) is 13.0 Å². The Hall–Kier alpha value is -1.98. The molecule has 0 atom stereocenters. The van der Waals surface area contributed by atoms with Gasteiger partial charge in [-0.05, 0) is 13.3 Å². The van der Waals surface area contributed by atoms with E-state index in [0.29, 0.717) is 18.0 Å². The molecule has 0 saturated carbocycles. The Morgan fingerprint density at radius 1 is 1.32 bits per heavy atom. The van der Waals surface area contributed by atoms with Crippen molar-refractivity contribution in [3.63, 3.8) is 0 Å². The number of rotatable bonds is 4. The van der Waals surface area contributed by atoms with Crippen LogP contribution in [0.3, 0.4) is 0 Å². The predicted molar refractivity (Wildman–Crippen MR) is 73.4 cm³/mol. The zero-order valence-corrected chi connectivity index (χ0v) is 11.3. The minimum absolute atomic E-state index is 0.0308. The van der Waals surface area contributed by atoms with Crippen molar-refractivity contribution >= 4 is 17.8 Å². The van der Waals surface area contributed by atoms with Gasteiger partial charge in [-0.3, -0.25) is 9.36 Å². The van der Waals surface area contributed by atoms with Crippen molar-refractivity contribution in [2.75, 3.05) is 0 Å². The van der Waals surface area contributed by atoms with E-state index in [0.717, 1.165) is 37.2 Å². The van der Waals surface area contributed by atoms with E-state index in [4.69, 9.17) is 0 Å². The lowest BCUT2D eigenvalue weighted by atomic mass is 10.2. The first kappa shape index (κ1) is 12.1. The number of unbranched alkanes of at least 4 members (excludes halogenated alkanes) is 2. The van der Waals surface area contributed by atoms with Crippen LogP contribution in [0.15, 0.2) is 9.79 Å². The summed E-state index contributed by atoms with van der Waals surface area (Å²) >= 11 is 0. The van der Waals surface area contributed by atoms with Crippen LogP contribution in [0.25, 0.3) is 5.78 Å². The fraction of sp³-hybridized carbons (Fsp3) is 0.538. The molecule has 6 nitrogen and oxygen atoms in total. The molecule has 0 spiro atoms. The summed E-state index contributed by atoms with van der Waals surface area (Å²) in [6.45, 7) is 4.81. The van der Waals surface area contributed by atoms with Gasteiger partial charge in [0, 0.05) is 19.2 Å². The van der Waals surface area contributed by atoms with E-state index in [2.05, 4.69) is 22.1 Å². The first-order valence-electron chi connectivity index (χ1n) is 6.74. The summed E-state index contributed by atoms with van der Waals surface area (Å²) < 4.78 is 3.62. The third kappa shape index (κ3) is 1.78. The zero-order chi connectivity index (χ0) is 13.4. The summed E-state index contributed by atoms with van der Waals surface area (Å²) in [5.41, 5.74) is 0.726. The van der Waals surface area contributed by atoms with Gasteiger partial charge in [-0.2, -0.15) is 0 Å². The lowest BCUT2D eigenvalue weighted by molar-refractivity contribution is 0.602. The van der Waals surface area contributed by atoms with Crippen LogP contribution in [0.4, 0.5) is 5.82 Å². The summed E-state index contributed by atoms with van der Waals surface area (Å²) in [7, 11) is 0. The van der Waals surface area contributed by atoms with Gasteiger partial charge in [0.25, 0.3) is 5.56 Å². The van der Waals surface area contributed by atoms with Crippen LogP contribution in [0.5, 0.6) is 0 Å². The van der Waals surface area contributed by atoms with Crippen molar-refractivity contribution in [2.45, 2.75) is 46.1 Å². The largest absolute Gasteiger partial charge is 0.294 e. The molecule has 19 heavy (non-hydrogen) atoms. The Morgan fingerprint density at radius 2 is 2.16 bits per heavy atom. The molecule has 0 saturated heterocycles. The number of aromatic nitrogens is 4. The molecule has 2 aromatic heterocycles. The van der Waals surface area contributed by atoms with Gasteiger partial charge in [-0.1, -0.05) is 19.8 Å². The van der Waals surface area contributed by atoms with Gasteiger partial charge in [-0.15, -0.1) is 10.2 Å². The molecule has 0 fully saturated rings. The van der Waals surface area contributed by atoms with Crippen molar-refractivity contribution in [2.24, 2.45) is 4.99 Å². The molecule has 0 aromatic carbocycles. The van der Waals surface area contributed by atoms with Gasteiger partial charge >= 0.3 is 0 Å². The van der Waals surface area contributed by atoms with Gasteiger partial charge in [0.1, 0.15) is 11.6 Å². The summed E-state index contributed by atoms with van der Waals surface area (Å²) in [4.78, 5) is 16.7. The Bertz CT molecular complexity index is 710. The fourth-order valence-electron chi connectivity index (χ4n) is 2.53. The lowest BCUT2D eigenvalue weighted by Crippen LogP contribution is -2.22. The number of aryl methyl sites for hydroxylation is 2. The molecule has 3 heterocycles. The van der Waals surface area contributed by atoms with Gasteiger partial charge < -0.3 is 0 Å². The van der Waals surface area contributed by atoms with Gasteiger partial charge in [0.2, 0.25) is 5.78 Å². The van der Waals surface area contributed by atoms with Crippen LogP contribution in [0.2, 0.25) is 0 Å². The third-order valence-corrected chi connectivity index (χ3v) is 3.53. The van der Waals surface area contributed by atoms with E-state index in [1.807, 2.05) is 4.57 Å². The molecule has 1 aliphatic heterocycles. The second-order valence-electron chi connectivity index (χ2n) is 4.86. The summed E-state index contributed by atoms with van der Waals surface area (Å²) in [5, 5.41) is 8.16. The van der Waals surface area contributed by atoms with E-state index in [9.17, 15) is 4.79 Å². The van der Waals surface area contributed by atoms with Gasteiger partial charge in [0.05, 0.1) is 5.56 Å². The highest BCUT2D eigenvalue weighted by Crippen LogP contribution is 2.23. The van der Waals surface area contributed by atoms with Crippen molar-refractivity contribution in [1.82, 2.24) is 19.2 Å². The van der Waals surface area contributed by atoms with Crippen LogP contribution < -0.4 is 5.56 Å². The number of hydrogen-bond donors (Lipinski definition) is 0. The summed E-state index contributed by atoms with van der Waals surface area (Å²) in [5.74, 6) is 2.01. The lowest BCUT2D eigenvalue weighted by Gasteiger charge is -2.12. The fourth-order valence-corrected chi connectivity index (χ4v) is 2.53. The average Bonchev–Trinajstić information content (AvgIpc) is 3.01. The Labute approximate surface area is 110 Å². The molecule has 100 valence electrons. The van der Waals surface area contributed by atoms with Crippen molar-refractivity contribution in [3.05, 3.63) is 21.7 Å². The molecule has 0 unspecified atom stereocenters. The van der Waals surface area contributed by atoms with Crippen LogP contribution in [0, 0.1) is 6.92 Å². The smallest absolute Gasteiger partial charge is 0.266 e. The van der Waals surface area contributed by atoms with Crippen molar-refractivity contribution in [1.29, 1.82) is 0 Å². The maximum atomic E-state index is 12.4. The van der Waals surface area contributed by atoms with E-state index in [-0.39, 0.29) is 5.56 Å². The minimum Gasteiger partial charge on any atom is -0.294 e. The number of hydrogen-bond acceptors (Lipinski definition) is 4. The highest BCUT2D eigenvalue weighted by atomic mass is 16.1. The molecule has 0 amide bonds.